The summed E-state index contributed by atoms with van der Waals surface area (Å²) in [7, 11) is 0. The molecule has 84 valence electrons. The molecular formula is C11H17NO2S. The molecule has 0 aliphatic carbocycles. The minimum Gasteiger partial charge on any atom is -0.399 e. The van der Waals surface area contributed by atoms with Crippen LogP contribution in [0.25, 0.3) is 0 Å². The lowest BCUT2D eigenvalue weighted by Gasteiger charge is -2.19. The van der Waals surface area contributed by atoms with Crippen LogP contribution in [0.1, 0.15) is 22.8 Å². The average molecular weight is 227 g/mol. The number of aliphatic hydroxyl groups is 2. The molecule has 4 heteroatoms. The van der Waals surface area contributed by atoms with Gasteiger partial charge in [-0.15, -0.1) is 0 Å². The van der Waals surface area contributed by atoms with Gasteiger partial charge in [0.1, 0.15) is 6.10 Å². The van der Waals surface area contributed by atoms with Gasteiger partial charge < -0.3 is 15.9 Å². The molecule has 0 saturated carbocycles. The zero-order chi connectivity index (χ0) is 11.6. The van der Waals surface area contributed by atoms with Gasteiger partial charge >= 0.3 is 0 Å². The van der Waals surface area contributed by atoms with E-state index in [-0.39, 0.29) is 5.75 Å². The van der Waals surface area contributed by atoms with Gasteiger partial charge in [-0.2, -0.15) is 12.6 Å². The molecule has 4 N–H and O–H groups in total. The van der Waals surface area contributed by atoms with Crippen LogP contribution in [0.4, 0.5) is 5.69 Å². The Morgan fingerprint density at radius 2 is 1.87 bits per heavy atom. The van der Waals surface area contributed by atoms with Gasteiger partial charge in [0, 0.05) is 11.4 Å². The molecule has 1 rings (SSSR count). The van der Waals surface area contributed by atoms with Gasteiger partial charge in [0.2, 0.25) is 0 Å². The summed E-state index contributed by atoms with van der Waals surface area (Å²) in [4.78, 5) is 0. The van der Waals surface area contributed by atoms with Crippen LogP contribution in [0, 0.1) is 13.8 Å². The van der Waals surface area contributed by atoms with Gasteiger partial charge in [0.05, 0.1) is 6.10 Å². The van der Waals surface area contributed by atoms with Crippen LogP contribution in [0.3, 0.4) is 0 Å². The predicted octanol–water partition coefficient (Wildman–Crippen LogP) is 1.21. The molecule has 0 aliphatic heterocycles. The van der Waals surface area contributed by atoms with Crippen molar-refractivity contribution in [1.29, 1.82) is 0 Å². The smallest absolute Gasteiger partial charge is 0.106 e. The summed E-state index contributed by atoms with van der Waals surface area (Å²) in [5.41, 5.74) is 8.93. The number of thiol groups is 1. The van der Waals surface area contributed by atoms with Gasteiger partial charge in [-0.25, -0.2) is 0 Å². The Hall–Kier alpha value is -0.710. The van der Waals surface area contributed by atoms with Gasteiger partial charge in [-0.3, -0.25) is 0 Å². The highest BCUT2D eigenvalue weighted by Gasteiger charge is 2.19. The maximum Gasteiger partial charge on any atom is 0.106 e. The van der Waals surface area contributed by atoms with Crippen LogP contribution < -0.4 is 5.73 Å². The van der Waals surface area contributed by atoms with E-state index in [2.05, 4.69) is 12.6 Å². The second kappa shape index (κ2) is 4.88. The summed E-state index contributed by atoms with van der Waals surface area (Å²) >= 11 is 3.95. The Morgan fingerprint density at radius 1 is 1.27 bits per heavy atom. The molecule has 0 fully saturated rings. The second-order valence-corrected chi connectivity index (χ2v) is 4.13. The van der Waals surface area contributed by atoms with Crippen LogP contribution in [-0.2, 0) is 0 Å². The molecule has 2 unspecified atom stereocenters. The molecule has 2 atom stereocenters. The summed E-state index contributed by atoms with van der Waals surface area (Å²) in [5, 5.41) is 19.4. The zero-order valence-corrected chi connectivity index (χ0v) is 9.83. The first-order valence-corrected chi connectivity index (χ1v) is 5.44. The standard InChI is InChI=1S/C11H17NO2S/c1-6-4-9(12)7(2)3-8(6)11(14)10(13)5-15/h3-4,10-11,13-15H,5,12H2,1-2H3. The van der Waals surface area contributed by atoms with Crippen LogP contribution in [0.2, 0.25) is 0 Å². The Morgan fingerprint density at radius 3 is 2.40 bits per heavy atom. The molecule has 0 amide bonds. The SMILES string of the molecule is Cc1cc(C(O)C(O)CS)c(C)cc1N. The Kier molecular flexibility index (Phi) is 4.02. The minimum absolute atomic E-state index is 0.226. The number of hydrogen-bond donors (Lipinski definition) is 4. The fraction of sp³-hybridized carbons (Fsp3) is 0.455. The summed E-state index contributed by atoms with van der Waals surface area (Å²) < 4.78 is 0. The Labute approximate surface area is 95.3 Å². The molecule has 0 spiro atoms. The van der Waals surface area contributed by atoms with Gasteiger partial charge in [-0.05, 0) is 36.6 Å². The molecule has 1 aromatic rings. The summed E-state index contributed by atoms with van der Waals surface area (Å²) in [6.07, 6.45) is -1.75. The van der Waals surface area contributed by atoms with Crippen LogP contribution in [-0.4, -0.2) is 22.1 Å². The third-order valence-corrected chi connectivity index (χ3v) is 2.90. The monoisotopic (exact) mass is 227 g/mol. The molecule has 0 bridgehead atoms. The van der Waals surface area contributed by atoms with Crippen molar-refractivity contribution in [2.75, 3.05) is 11.5 Å². The first-order valence-electron chi connectivity index (χ1n) is 4.81. The molecule has 0 heterocycles. The Balaban J connectivity index is 3.09. The second-order valence-electron chi connectivity index (χ2n) is 3.76. The maximum absolute atomic E-state index is 9.85. The van der Waals surface area contributed by atoms with Crippen molar-refractivity contribution < 1.29 is 10.2 Å². The van der Waals surface area contributed by atoms with Crippen molar-refractivity contribution >= 4 is 18.3 Å². The lowest BCUT2D eigenvalue weighted by molar-refractivity contribution is 0.0333. The predicted molar refractivity (Wildman–Crippen MR) is 65.1 cm³/mol. The van der Waals surface area contributed by atoms with E-state index in [1.165, 1.54) is 0 Å². The van der Waals surface area contributed by atoms with E-state index < -0.39 is 12.2 Å². The number of nitrogen functional groups attached to an aromatic ring is 1. The van der Waals surface area contributed by atoms with Crippen molar-refractivity contribution in [1.82, 2.24) is 0 Å². The van der Waals surface area contributed by atoms with E-state index in [1.54, 1.807) is 6.07 Å². The molecule has 0 aromatic heterocycles. The van der Waals surface area contributed by atoms with E-state index in [9.17, 15) is 10.2 Å². The highest BCUT2D eigenvalue weighted by molar-refractivity contribution is 7.80. The summed E-state index contributed by atoms with van der Waals surface area (Å²) in [6.45, 7) is 3.73. The van der Waals surface area contributed by atoms with Crippen LogP contribution in [0.15, 0.2) is 12.1 Å². The van der Waals surface area contributed by atoms with Gasteiger partial charge in [0.25, 0.3) is 0 Å². The molecule has 0 aliphatic rings. The third-order valence-electron chi connectivity index (χ3n) is 2.52. The van der Waals surface area contributed by atoms with Crippen molar-refractivity contribution in [3.63, 3.8) is 0 Å². The number of hydrogen-bond acceptors (Lipinski definition) is 4. The topological polar surface area (TPSA) is 66.5 Å². The Bertz CT molecular complexity index is 355. The van der Waals surface area contributed by atoms with E-state index in [0.29, 0.717) is 11.3 Å². The lowest BCUT2D eigenvalue weighted by Crippen LogP contribution is -2.20. The molecule has 15 heavy (non-hydrogen) atoms. The number of anilines is 1. The normalized spacial score (nSPS) is 15.0. The van der Waals surface area contributed by atoms with Crippen molar-refractivity contribution in [3.05, 3.63) is 28.8 Å². The average Bonchev–Trinajstić information content (AvgIpc) is 2.21. The maximum atomic E-state index is 9.85. The van der Waals surface area contributed by atoms with E-state index in [4.69, 9.17) is 5.73 Å². The first kappa shape index (κ1) is 12.4. The number of rotatable bonds is 3. The lowest BCUT2D eigenvalue weighted by atomic mass is 9.97. The fourth-order valence-electron chi connectivity index (χ4n) is 1.49. The van der Waals surface area contributed by atoms with Crippen molar-refractivity contribution in [3.8, 4) is 0 Å². The largest absolute Gasteiger partial charge is 0.399 e. The highest BCUT2D eigenvalue weighted by Crippen LogP contribution is 2.25. The van der Waals surface area contributed by atoms with Crippen LogP contribution in [0.5, 0.6) is 0 Å². The first-order chi connectivity index (χ1) is 6.97. The van der Waals surface area contributed by atoms with Crippen LogP contribution >= 0.6 is 12.6 Å². The van der Waals surface area contributed by atoms with E-state index in [0.717, 1.165) is 11.1 Å². The van der Waals surface area contributed by atoms with E-state index >= 15 is 0 Å². The zero-order valence-electron chi connectivity index (χ0n) is 8.94. The number of aliphatic hydroxyl groups excluding tert-OH is 2. The third kappa shape index (κ3) is 2.65. The molecular weight excluding hydrogens is 210 g/mol. The summed E-state index contributed by atoms with van der Waals surface area (Å²) in [6, 6.07) is 3.61. The van der Waals surface area contributed by atoms with Gasteiger partial charge in [0.15, 0.2) is 0 Å². The van der Waals surface area contributed by atoms with Crippen molar-refractivity contribution in [2.24, 2.45) is 0 Å². The molecule has 0 saturated heterocycles. The molecule has 1 aromatic carbocycles. The van der Waals surface area contributed by atoms with Gasteiger partial charge in [-0.1, -0.05) is 6.07 Å². The summed E-state index contributed by atoms with van der Waals surface area (Å²) in [5.74, 6) is 0.226. The van der Waals surface area contributed by atoms with E-state index in [1.807, 2.05) is 19.9 Å². The number of benzene rings is 1. The fourth-order valence-corrected chi connectivity index (χ4v) is 1.69. The molecule has 3 nitrogen and oxygen atoms in total. The highest BCUT2D eigenvalue weighted by atomic mass is 32.1. The van der Waals surface area contributed by atoms with Crippen molar-refractivity contribution in [2.45, 2.75) is 26.1 Å². The molecule has 0 radical (unpaired) electrons. The number of aryl methyl sites for hydroxylation is 2. The number of nitrogens with two attached hydrogens (primary N) is 1. The quantitative estimate of drug-likeness (QED) is 0.463. The minimum atomic E-state index is -0.901.